The fourth-order valence-electron chi connectivity index (χ4n) is 4.91. The predicted octanol–water partition coefficient (Wildman–Crippen LogP) is 7.41. The lowest BCUT2D eigenvalue weighted by atomic mass is 10.0. The number of hydrogen-bond donors (Lipinski definition) is 1. The van der Waals surface area contributed by atoms with Crippen molar-refractivity contribution in [1.29, 1.82) is 0 Å². The van der Waals surface area contributed by atoms with E-state index < -0.39 is 28.5 Å². The second-order valence-corrected chi connectivity index (χ2v) is 14.1. The third kappa shape index (κ3) is 9.64. The van der Waals surface area contributed by atoms with Gasteiger partial charge in [-0.15, -0.1) is 0 Å². The molecule has 0 aliphatic heterocycles. The summed E-state index contributed by atoms with van der Waals surface area (Å²) in [4.78, 5) is 29.7. The number of anilines is 1. The molecule has 4 aromatic carbocycles. The summed E-state index contributed by atoms with van der Waals surface area (Å²) in [6.45, 7) is 5.27. The molecule has 4 rings (SSSR count). The lowest BCUT2D eigenvalue weighted by Gasteiger charge is -2.34. The molecule has 0 aliphatic rings. The number of carbonyl (C=O) groups excluding carboxylic acids is 2. The second-order valence-electron chi connectivity index (χ2n) is 11.0. The maximum absolute atomic E-state index is 14.5. The molecule has 2 amide bonds. The first-order chi connectivity index (χ1) is 22.4. The van der Waals surface area contributed by atoms with E-state index in [2.05, 4.69) is 5.32 Å². The van der Waals surface area contributed by atoms with Gasteiger partial charge in [0.05, 0.1) is 27.2 Å². The van der Waals surface area contributed by atoms with E-state index in [0.717, 1.165) is 9.87 Å². The molecule has 0 saturated carbocycles. The quantitative estimate of drug-likeness (QED) is 0.147. The minimum atomic E-state index is -4.29. The second kappa shape index (κ2) is 16.4. The summed E-state index contributed by atoms with van der Waals surface area (Å²) in [6, 6.07) is 25.1. The van der Waals surface area contributed by atoms with Gasteiger partial charge in [0.2, 0.25) is 11.8 Å². The molecule has 0 heterocycles. The van der Waals surface area contributed by atoms with Gasteiger partial charge in [-0.3, -0.25) is 13.9 Å². The number of hydrogen-bond acceptors (Lipinski definition) is 5. The Labute approximate surface area is 291 Å². The molecule has 0 aliphatic carbocycles. The largest absolute Gasteiger partial charge is 0.494 e. The molecule has 0 bridgehead atoms. The van der Waals surface area contributed by atoms with Crippen molar-refractivity contribution in [2.75, 3.05) is 17.5 Å². The Morgan fingerprint density at radius 3 is 2.09 bits per heavy atom. The number of carbonyl (C=O) groups is 2. The molecular formula is C35H36Cl3N3O5S. The topological polar surface area (TPSA) is 96.0 Å². The molecule has 1 N–H and O–H groups in total. The smallest absolute Gasteiger partial charge is 0.264 e. The van der Waals surface area contributed by atoms with Crippen LogP contribution in [0.25, 0.3) is 0 Å². The molecule has 4 aromatic rings. The zero-order chi connectivity index (χ0) is 34.1. The van der Waals surface area contributed by atoms with E-state index >= 15 is 0 Å². The fourth-order valence-corrected chi connectivity index (χ4v) is 6.77. The molecule has 12 heteroatoms. The molecule has 0 radical (unpaired) electrons. The van der Waals surface area contributed by atoms with Crippen molar-refractivity contribution in [1.82, 2.24) is 10.2 Å². The molecular weight excluding hydrogens is 681 g/mol. The number of ether oxygens (including phenoxy) is 1. The van der Waals surface area contributed by atoms with Crippen LogP contribution in [0.15, 0.2) is 102 Å². The highest BCUT2D eigenvalue weighted by atomic mass is 35.5. The molecule has 1 atom stereocenters. The summed E-state index contributed by atoms with van der Waals surface area (Å²) in [6.07, 6.45) is 0.180. The number of amides is 2. The predicted molar refractivity (Wildman–Crippen MR) is 188 cm³/mol. The van der Waals surface area contributed by atoms with Crippen LogP contribution < -0.4 is 14.4 Å². The average molecular weight is 717 g/mol. The Morgan fingerprint density at radius 1 is 0.830 bits per heavy atom. The van der Waals surface area contributed by atoms with Gasteiger partial charge >= 0.3 is 0 Å². The molecule has 0 saturated heterocycles. The van der Waals surface area contributed by atoms with E-state index in [1.807, 2.05) is 51.1 Å². The first-order valence-electron chi connectivity index (χ1n) is 15.0. The highest BCUT2D eigenvalue weighted by Crippen LogP contribution is 2.29. The van der Waals surface area contributed by atoms with E-state index in [-0.39, 0.29) is 40.5 Å². The number of nitrogens with zero attached hydrogens (tertiary/aromatic N) is 2. The lowest BCUT2D eigenvalue weighted by molar-refractivity contribution is -0.140. The first kappa shape index (κ1) is 36.1. The Morgan fingerprint density at radius 2 is 1.49 bits per heavy atom. The van der Waals surface area contributed by atoms with Crippen LogP contribution in [-0.4, -0.2) is 50.4 Å². The van der Waals surface area contributed by atoms with Gasteiger partial charge < -0.3 is 15.0 Å². The lowest BCUT2D eigenvalue weighted by Crippen LogP contribution is -2.54. The van der Waals surface area contributed by atoms with E-state index in [1.165, 1.54) is 29.2 Å². The Hall–Kier alpha value is -3.76. The number of rotatable bonds is 14. The number of sulfonamides is 1. The molecule has 0 fully saturated rings. The maximum atomic E-state index is 14.5. The summed E-state index contributed by atoms with van der Waals surface area (Å²) >= 11 is 18.6. The van der Waals surface area contributed by atoms with Crippen molar-refractivity contribution in [3.05, 3.63) is 123 Å². The number of halogens is 3. The van der Waals surface area contributed by atoms with Crippen LogP contribution in [0.5, 0.6) is 5.75 Å². The van der Waals surface area contributed by atoms with E-state index in [1.54, 1.807) is 42.5 Å². The van der Waals surface area contributed by atoms with Crippen molar-refractivity contribution in [2.45, 2.75) is 50.7 Å². The first-order valence-corrected chi connectivity index (χ1v) is 17.5. The van der Waals surface area contributed by atoms with Gasteiger partial charge in [-0.1, -0.05) is 71.2 Å². The zero-order valence-corrected chi connectivity index (χ0v) is 29.3. The van der Waals surface area contributed by atoms with Crippen molar-refractivity contribution in [3.63, 3.8) is 0 Å². The monoisotopic (exact) mass is 715 g/mol. The van der Waals surface area contributed by atoms with E-state index in [9.17, 15) is 18.0 Å². The minimum Gasteiger partial charge on any atom is -0.494 e. The van der Waals surface area contributed by atoms with Crippen LogP contribution >= 0.6 is 34.8 Å². The van der Waals surface area contributed by atoms with Crippen LogP contribution in [-0.2, 0) is 32.6 Å². The summed E-state index contributed by atoms with van der Waals surface area (Å²) in [5.41, 5.74) is 1.66. The van der Waals surface area contributed by atoms with Gasteiger partial charge in [-0.05, 0) is 92.6 Å². The Kier molecular flexibility index (Phi) is 12.6. The van der Waals surface area contributed by atoms with E-state index in [4.69, 9.17) is 39.5 Å². The van der Waals surface area contributed by atoms with Crippen LogP contribution in [0, 0.1) is 0 Å². The van der Waals surface area contributed by atoms with Crippen LogP contribution in [0.3, 0.4) is 0 Å². The third-order valence-electron chi connectivity index (χ3n) is 7.16. The summed E-state index contributed by atoms with van der Waals surface area (Å²) < 4.78 is 34.9. The standard InChI is InChI=1S/C35H36Cl3N3O5S/c1-4-46-29-15-13-28(14-16-29)41(47(44,45)30-17-11-27(36)12-18-30)23-34(42)40(22-26-10-19-31(37)32(38)20-26)33(35(43)39-24(2)3)21-25-8-6-5-7-9-25/h5-20,24,33H,4,21-23H2,1-3H3,(H,39,43)/t33-/m1/s1. The highest BCUT2D eigenvalue weighted by Gasteiger charge is 2.35. The molecule has 8 nitrogen and oxygen atoms in total. The summed E-state index contributed by atoms with van der Waals surface area (Å²) in [7, 11) is -4.29. The van der Waals surface area contributed by atoms with Gasteiger partial charge in [0.25, 0.3) is 10.0 Å². The SMILES string of the molecule is CCOc1ccc(N(CC(=O)N(Cc2ccc(Cl)c(Cl)c2)[C@H](Cc2ccccc2)C(=O)NC(C)C)S(=O)(=O)c2ccc(Cl)cc2)cc1. The van der Waals surface area contributed by atoms with Crippen molar-refractivity contribution in [2.24, 2.45) is 0 Å². The fraction of sp³-hybridized carbons (Fsp3) is 0.257. The highest BCUT2D eigenvalue weighted by molar-refractivity contribution is 7.92. The van der Waals surface area contributed by atoms with Crippen molar-refractivity contribution >= 4 is 62.3 Å². The maximum Gasteiger partial charge on any atom is 0.264 e. The molecule has 248 valence electrons. The van der Waals surface area contributed by atoms with Gasteiger partial charge in [-0.25, -0.2) is 8.42 Å². The van der Waals surface area contributed by atoms with E-state index in [0.29, 0.717) is 28.0 Å². The van der Waals surface area contributed by atoms with Crippen LogP contribution in [0.1, 0.15) is 31.9 Å². The minimum absolute atomic E-state index is 0.0448. The number of benzene rings is 4. The summed E-state index contributed by atoms with van der Waals surface area (Å²) in [5, 5.41) is 3.91. The molecule has 0 aromatic heterocycles. The zero-order valence-electron chi connectivity index (χ0n) is 26.2. The summed E-state index contributed by atoms with van der Waals surface area (Å²) in [5.74, 6) is -0.450. The Balaban J connectivity index is 1.82. The van der Waals surface area contributed by atoms with Crippen LogP contribution in [0.4, 0.5) is 5.69 Å². The van der Waals surface area contributed by atoms with Gasteiger partial charge in [0, 0.05) is 24.0 Å². The average Bonchev–Trinajstić information content (AvgIpc) is 3.04. The van der Waals surface area contributed by atoms with Crippen LogP contribution in [0.2, 0.25) is 15.1 Å². The van der Waals surface area contributed by atoms with Gasteiger partial charge in [0.15, 0.2) is 0 Å². The van der Waals surface area contributed by atoms with Crippen molar-refractivity contribution < 1.29 is 22.7 Å². The molecule has 0 unspecified atom stereocenters. The normalized spacial score (nSPS) is 12.0. The molecule has 0 spiro atoms. The Bertz CT molecular complexity index is 1770. The van der Waals surface area contributed by atoms with Gasteiger partial charge in [-0.2, -0.15) is 0 Å². The third-order valence-corrected chi connectivity index (χ3v) is 9.93. The molecule has 47 heavy (non-hydrogen) atoms. The van der Waals surface area contributed by atoms with Crippen molar-refractivity contribution in [3.8, 4) is 5.75 Å². The number of nitrogens with one attached hydrogen (secondary N) is 1. The van der Waals surface area contributed by atoms with Gasteiger partial charge in [0.1, 0.15) is 18.3 Å².